The molecule has 0 aliphatic heterocycles. The van der Waals surface area contributed by atoms with Gasteiger partial charge in [0.05, 0.1) is 10.6 Å². The Morgan fingerprint density at radius 1 is 1.00 bits per heavy atom. The van der Waals surface area contributed by atoms with Gasteiger partial charge in [-0.1, -0.05) is 0 Å². The topological polar surface area (TPSA) is 93.0 Å². The molecule has 8 nitrogen and oxygen atoms in total. The van der Waals surface area contributed by atoms with E-state index in [2.05, 4.69) is 20.4 Å². The Kier molecular flexibility index (Phi) is 6.49. The molecule has 0 amide bonds. The number of hydrogen-bond acceptors (Lipinski definition) is 6. The highest BCUT2D eigenvalue weighted by molar-refractivity contribution is 7.89. The van der Waals surface area contributed by atoms with Gasteiger partial charge in [-0.3, -0.25) is 4.68 Å². The minimum Gasteiger partial charge on any atom is -0.338 e. The van der Waals surface area contributed by atoms with Crippen molar-refractivity contribution in [3.63, 3.8) is 0 Å². The van der Waals surface area contributed by atoms with Crippen LogP contribution in [0.4, 0.5) is 15.9 Å². The molecule has 4 rings (SSSR count). The molecule has 32 heavy (non-hydrogen) atoms. The molecule has 0 unspecified atom stereocenters. The van der Waals surface area contributed by atoms with Gasteiger partial charge in [0.1, 0.15) is 16.9 Å². The molecule has 0 aliphatic carbocycles. The number of benzene rings is 2. The Hall–Kier alpha value is -3.08. The number of nitrogens with one attached hydrogen (secondary N) is 1. The summed E-state index contributed by atoms with van der Waals surface area (Å²) in [5.41, 5.74) is 3.43. The third kappa shape index (κ3) is 4.29. The predicted molar refractivity (Wildman–Crippen MR) is 124 cm³/mol. The Labute approximate surface area is 191 Å². The molecule has 168 valence electrons. The molecule has 0 spiro atoms. The Balaban J connectivity index is 0.00000289. The molecule has 0 atom stereocenters. The van der Waals surface area contributed by atoms with E-state index >= 15 is 0 Å². The summed E-state index contributed by atoms with van der Waals surface area (Å²) in [5, 5.41) is 7.67. The van der Waals surface area contributed by atoms with Gasteiger partial charge in [-0.2, -0.15) is 5.10 Å². The molecule has 0 bridgehead atoms. The monoisotopic (exact) mass is 476 g/mol. The van der Waals surface area contributed by atoms with Crippen LogP contribution < -0.4 is 5.32 Å². The van der Waals surface area contributed by atoms with E-state index in [1.54, 1.807) is 36.0 Å². The number of aryl methyl sites for hydroxylation is 2. The molecule has 0 radical (unpaired) electrons. The first-order chi connectivity index (χ1) is 14.7. The van der Waals surface area contributed by atoms with Crippen LogP contribution in [0.5, 0.6) is 0 Å². The van der Waals surface area contributed by atoms with Gasteiger partial charge in [0.15, 0.2) is 11.6 Å². The van der Waals surface area contributed by atoms with Crippen molar-refractivity contribution in [2.24, 2.45) is 7.05 Å². The second-order valence-electron chi connectivity index (χ2n) is 7.25. The zero-order valence-corrected chi connectivity index (χ0v) is 19.5. The summed E-state index contributed by atoms with van der Waals surface area (Å²) in [6, 6.07) is 12.4. The maximum atomic E-state index is 13.3. The first kappa shape index (κ1) is 23.6. The number of halogens is 2. The fourth-order valence-electron chi connectivity index (χ4n) is 3.21. The lowest BCUT2D eigenvalue weighted by atomic mass is 10.2. The minimum absolute atomic E-state index is 0. The van der Waals surface area contributed by atoms with Crippen molar-refractivity contribution in [3.05, 3.63) is 60.0 Å². The van der Waals surface area contributed by atoms with Crippen molar-refractivity contribution < 1.29 is 12.8 Å². The Bertz CT molecular complexity index is 1370. The number of hydrogen-bond donors (Lipinski definition) is 1. The maximum absolute atomic E-state index is 13.3. The van der Waals surface area contributed by atoms with Crippen molar-refractivity contribution in [1.82, 2.24) is 24.1 Å². The lowest BCUT2D eigenvalue weighted by molar-refractivity contribution is 0.521. The molecule has 2 heterocycles. The van der Waals surface area contributed by atoms with Crippen LogP contribution in [0.15, 0.2) is 53.4 Å². The molecule has 0 saturated heterocycles. The summed E-state index contributed by atoms with van der Waals surface area (Å²) in [7, 11) is 1.26. The second kappa shape index (κ2) is 8.81. The quantitative estimate of drug-likeness (QED) is 0.469. The number of aromatic nitrogens is 4. The summed E-state index contributed by atoms with van der Waals surface area (Å²) >= 11 is 0. The van der Waals surface area contributed by atoms with Crippen molar-refractivity contribution in [1.29, 1.82) is 0 Å². The van der Waals surface area contributed by atoms with Gasteiger partial charge in [-0.25, -0.2) is 27.1 Å². The molecule has 0 saturated carbocycles. The highest BCUT2D eigenvalue weighted by atomic mass is 35.5. The summed E-state index contributed by atoms with van der Waals surface area (Å²) in [6.07, 6.45) is 0. The molecule has 2 aromatic carbocycles. The molecular weight excluding hydrogens is 455 g/mol. The lowest BCUT2D eigenvalue weighted by Crippen LogP contribution is -2.22. The van der Waals surface area contributed by atoms with E-state index in [9.17, 15) is 12.8 Å². The normalized spacial score (nSPS) is 11.6. The molecule has 11 heteroatoms. The van der Waals surface area contributed by atoms with E-state index in [4.69, 9.17) is 0 Å². The van der Waals surface area contributed by atoms with Gasteiger partial charge >= 0.3 is 0 Å². The van der Waals surface area contributed by atoms with Crippen molar-refractivity contribution in [3.8, 4) is 11.4 Å². The van der Waals surface area contributed by atoms with E-state index in [1.807, 2.05) is 6.92 Å². The average molecular weight is 477 g/mol. The van der Waals surface area contributed by atoms with Crippen LogP contribution in [-0.4, -0.2) is 46.6 Å². The molecule has 4 aromatic rings. The standard InChI is InChI=1S/C21H21FN6O2S.ClH/c1-13-18-19(28(4)26-13)21(25-20(24-18)14-5-7-15(22)8-6-14)23-16-9-11-17(12-10-16)31(29,30)27(2)3;/h5-12H,1-4H3,(H,23,24,25);1H. The molecule has 2 aromatic heterocycles. The van der Waals surface area contributed by atoms with E-state index in [0.29, 0.717) is 33.9 Å². The number of anilines is 2. The summed E-state index contributed by atoms with van der Waals surface area (Å²) in [6.45, 7) is 1.86. The van der Waals surface area contributed by atoms with Crippen LogP contribution in [0.3, 0.4) is 0 Å². The van der Waals surface area contributed by atoms with E-state index in [0.717, 1.165) is 10.00 Å². The average Bonchev–Trinajstić information content (AvgIpc) is 3.02. The summed E-state index contributed by atoms with van der Waals surface area (Å²) in [5.74, 6) is 0.599. The van der Waals surface area contributed by atoms with E-state index in [1.165, 1.54) is 38.4 Å². The van der Waals surface area contributed by atoms with Crippen molar-refractivity contribution in [2.75, 3.05) is 19.4 Å². The zero-order valence-electron chi connectivity index (χ0n) is 17.9. The highest BCUT2D eigenvalue weighted by Gasteiger charge is 2.18. The van der Waals surface area contributed by atoms with Gasteiger partial charge in [0.2, 0.25) is 10.0 Å². The molecular formula is C21H22ClFN6O2S. The zero-order chi connectivity index (χ0) is 22.3. The van der Waals surface area contributed by atoms with Crippen LogP contribution in [-0.2, 0) is 17.1 Å². The van der Waals surface area contributed by atoms with Gasteiger partial charge in [-0.05, 0) is 55.5 Å². The molecule has 0 fully saturated rings. The van der Waals surface area contributed by atoms with Gasteiger partial charge in [0, 0.05) is 32.4 Å². The fourth-order valence-corrected chi connectivity index (χ4v) is 4.11. The SMILES string of the molecule is Cc1nn(C)c2c(Nc3ccc(S(=O)(=O)N(C)C)cc3)nc(-c3ccc(F)cc3)nc12.Cl. The van der Waals surface area contributed by atoms with Crippen molar-refractivity contribution in [2.45, 2.75) is 11.8 Å². The van der Waals surface area contributed by atoms with Crippen LogP contribution in [0, 0.1) is 12.7 Å². The van der Waals surface area contributed by atoms with Crippen LogP contribution in [0.2, 0.25) is 0 Å². The fraction of sp³-hybridized carbons (Fsp3) is 0.190. The Morgan fingerprint density at radius 3 is 2.22 bits per heavy atom. The van der Waals surface area contributed by atoms with Gasteiger partial charge in [0.25, 0.3) is 0 Å². The largest absolute Gasteiger partial charge is 0.338 e. The second-order valence-corrected chi connectivity index (χ2v) is 9.40. The predicted octanol–water partition coefficient (Wildman–Crippen LogP) is 3.89. The minimum atomic E-state index is -3.52. The summed E-state index contributed by atoms with van der Waals surface area (Å²) < 4.78 is 40.8. The molecule has 0 aliphatic rings. The number of rotatable bonds is 5. The first-order valence-electron chi connectivity index (χ1n) is 9.44. The Morgan fingerprint density at radius 2 is 1.62 bits per heavy atom. The third-order valence-corrected chi connectivity index (χ3v) is 6.68. The van der Waals surface area contributed by atoms with E-state index < -0.39 is 10.0 Å². The van der Waals surface area contributed by atoms with Crippen molar-refractivity contribution >= 4 is 45.0 Å². The number of fused-ring (bicyclic) bond motifs is 1. The van der Waals surface area contributed by atoms with Crippen LogP contribution in [0.1, 0.15) is 5.69 Å². The first-order valence-corrected chi connectivity index (χ1v) is 10.9. The smallest absolute Gasteiger partial charge is 0.242 e. The van der Waals surface area contributed by atoms with E-state index in [-0.39, 0.29) is 23.1 Å². The molecule has 1 N–H and O–H groups in total. The summed E-state index contributed by atoms with van der Waals surface area (Å²) in [4.78, 5) is 9.45. The highest BCUT2D eigenvalue weighted by Crippen LogP contribution is 2.29. The maximum Gasteiger partial charge on any atom is 0.242 e. The number of sulfonamides is 1. The van der Waals surface area contributed by atoms with Crippen LogP contribution in [0.25, 0.3) is 22.4 Å². The van der Waals surface area contributed by atoms with Gasteiger partial charge in [-0.15, -0.1) is 12.4 Å². The van der Waals surface area contributed by atoms with Gasteiger partial charge < -0.3 is 5.32 Å². The number of nitrogens with zero attached hydrogens (tertiary/aromatic N) is 5. The third-order valence-electron chi connectivity index (χ3n) is 4.85. The lowest BCUT2D eigenvalue weighted by Gasteiger charge is -2.13. The van der Waals surface area contributed by atoms with Crippen LogP contribution >= 0.6 is 12.4 Å².